The number of allylic oxidation sites excluding steroid dienone is 8. The Bertz CT molecular complexity index is 812. The van der Waals surface area contributed by atoms with Crippen LogP contribution in [0.1, 0.15) is 38.8 Å². The quantitative estimate of drug-likeness (QED) is 0.498. The third-order valence-corrected chi connectivity index (χ3v) is 4.81. The van der Waals surface area contributed by atoms with Gasteiger partial charge in [0.25, 0.3) is 0 Å². The molecule has 0 unspecified atom stereocenters. The highest BCUT2D eigenvalue weighted by atomic mass is 14.5. The average Bonchev–Trinajstić information content (AvgIpc) is 3.01. The maximum absolute atomic E-state index is 4.32. The second-order valence-electron chi connectivity index (χ2n) is 6.07. The van der Waals surface area contributed by atoms with Gasteiger partial charge >= 0.3 is 0 Å². The lowest BCUT2D eigenvalue weighted by molar-refractivity contribution is 0.764. The molecule has 1 saturated carbocycles. The lowest BCUT2D eigenvalue weighted by Gasteiger charge is -2.34. The maximum Gasteiger partial charge on any atom is 0.0713 e. The van der Waals surface area contributed by atoms with Crippen LogP contribution in [0.25, 0.3) is 0 Å². The molecule has 0 amide bonds. The smallest absolute Gasteiger partial charge is 0.0713 e. The van der Waals surface area contributed by atoms with E-state index in [1.807, 2.05) is 52.0 Å². The van der Waals surface area contributed by atoms with Gasteiger partial charge in [-0.2, -0.15) is 0 Å². The summed E-state index contributed by atoms with van der Waals surface area (Å²) >= 11 is 0. The molecule has 0 spiro atoms. The lowest BCUT2D eigenvalue weighted by atomic mass is 9.67. The Morgan fingerprint density at radius 1 is 0.586 bits per heavy atom. The van der Waals surface area contributed by atoms with Gasteiger partial charge < -0.3 is 0 Å². The summed E-state index contributed by atoms with van der Waals surface area (Å²) in [5.41, 5.74) is 6.01. The predicted molar refractivity (Wildman–Crippen MR) is 131 cm³/mol. The van der Waals surface area contributed by atoms with Crippen molar-refractivity contribution in [1.82, 2.24) is 0 Å². The molecule has 0 heterocycles. The predicted octanol–water partition coefficient (Wildman–Crippen LogP) is 8.38. The van der Waals surface area contributed by atoms with E-state index in [1.54, 1.807) is 0 Å². The van der Waals surface area contributed by atoms with Crippen molar-refractivity contribution in [2.75, 3.05) is 0 Å². The molecule has 29 heavy (non-hydrogen) atoms. The highest BCUT2D eigenvalue weighted by Gasteiger charge is 2.48. The first kappa shape index (κ1) is 23.9. The van der Waals surface area contributed by atoms with Crippen molar-refractivity contribution in [3.8, 4) is 0 Å². The fourth-order valence-corrected chi connectivity index (χ4v) is 3.77. The van der Waals surface area contributed by atoms with Crippen LogP contribution in [0.5, 0.6) is 0 Å². The van der Waals surface area contributed by atoms with Crippen LogP contribution in [-0.4, -0.2) is 0 Å². The molecule has 0 radical (unpaired) electrons. The summed E-state index contributed by atoms with van der Waals surface area (Å²) in [4.78, 5) is 0. The summed E-state index contributed by atoms with van der Waals surface area (Å²) in [6.45, 7) is 24.5. The number of rotatable bonds is 4. The molecule has 0 aromatic heterocycles. The van der Waals surface area contributed by atoms with Gasteiger partial charge in [0.1, 0.15) is 0 Å². The monoisotopic (exact) mass is 382 g/mol. The van der Waals surface area contributed by atoms with Gasteiger partial charge in [-0.3, -0.25) is 0 Å². The Balaban J connectivity index is 0.000000989. The minimum atomic E-state index is -0.459. The Labute approximate surface area is 178 Å². The molecule has 1 fully saturated rings. The summed E-state index contributed by atoms with van der Waals surface area (Å²) < 4.78 is 0. The van der Waals surface area contributed by atoms with E-state index in [2.05, 4.69) is 87.0 Å². The number of hydrogen-bond acceptors (Lipinski definition) is 0. The van der Waals surface area contributed by atoms with Crippen LogP contribution in [0.2, 0.25) is 0 Å². The maximum atomic E-state index is 4.32. The molecule has 1 aliphatic carbocycles. The fourth-order valence-electron chi connectivity index (χ4n) is 3.77. The van der Waals surface area contributed by atoms with Gasteiger partial charge in [-0.15, -0.1) is 0 Å². The molecule has 0 heteroatoms. The van der Waals surface area contributed by atoms with Crippen molar-refractivity contribution in [2.24, 2.45) is 0 Å². The van der Waals surface area contributed by atoms with E-state index in [1.165, 1.54) is 11.1 Å². The Kier molecular flexibility index (Phi) is 9.62. The van der Waals surface area contributed by atoms with Gasteiger partial charge in [0.15, 0.2) is 0 Å². The standard InChI is InChI=1S/C25H22.2C2H6/c1-5-13-23-19(3)20(4)24(14-6-2)25(23,21-15-9-7-10-16-21)22-17-11-8-12-18-22;2*1-2/h5-18H,1-4H2;2*1-2H3/b23-13+,24-14+;;. The Morgan fingerprint density at radius 3 is 1.17 bits per heavy atom. The molecule has 0 bridgehead atoms. The molecule has 150 valence electrons. The van der Waals surface area contributed by atoms with E-state index in [9.17, 15) is 0 Å². The summed E-state index contributed by atoms with van der Waals surface area (Å²) in [5, 5.41) is 0. The van der Waals surface area contributed by atoms with E-state index >= 15 is 0 Å². The number of hydrogen-bond donors (Lipinski definition) is 0. The van der Waals surface area contributed by atoms with E-state index < -0.39 is 5.41 Å². The van der Waals surface area contributed by atoms with Crippen molar-refractivity contribution in [3.63, 3.8) is 0 Å². The lowest BCUT2D eigenvalue weighted by Crippen LogP contribution is -2.28. The van der Waals surface area contributed by atoms with E-state index in [-0.39, 0.29) is 0 Å². The van der Waals surface area contributed by atoms with Crippen molar-refractivity contribution in [2.45, 2.75) is 33.1 Å². The van der Waals surface area contributed by atoms with Gasteiger partial charge in [0.2, 0.25) is 0 Å². The summed E-state index contributed by atoms with van der Waals surface area (Å²) in [7, 11) is 0. The van der Waals surface area contributed by atoms with Gasteiger partial charge in [-0.25, -0.2) is 0 Å². The molecule has 1 aliphatic rings. The summed E-state index contributed by atoms with van der Waals surface area (Å²) in [5.74, 6) is 0. The minimum Gasteiger partial charge on any atom is -0.0991 e. The molecule has 0 saturated heterocycles. The van der Waals surface area contributed by atoms with Crippen LogP contribution in [0.15, 0.2) is 134 Å². The van der Waals surface area contributed by atoms with Crippen LogP contribution in [0.3, 0.4) is 0 Å². The molecule has 3 rings (SSSR count). The molecular formula is C29H34. The van der Waals surface area contributed by atoms with E-state index in [0.29, 0.717) is 0 Å². The van der Waals surface area contributed by atoms with Crippen molar-refractivity contribution in [1.29, 1.82) is 0 Å². The van der Waals surface area contributed by atoms with E-state index in [4.69, 9.17) is 0 Å². The molecule has 0 nitrogen and oxygen atoms in total. The summed E-state index contributed by atoms with van der Waals surface area (Å²) in [6.07, 6.45) is 7.76. The van der Waals surface area contributed by atoms with Crippen molar-refractivity contribution < 1.29 is 0 Å². The fraction of sp³-hybridized carbons (Fsp3) is 0.172. The first-order chi connectivity index (χ1) is 14.2. The van der Waals surface area contributed by atoms with Crippen molar-refractivity contribution in [3.05, 3.63) is 145 Å². The van der Waals surface area contributed by atoms with E-state index in [0.717, 1.165) is 22.3 Å². The SMILES string of the molecule is C=C/C=C1\C(=C)C(=C)/C(=C\C=C)C1(c1ccccc1)c1ccccc1.CC.CC. The summed E-state index contributed by atoms with van der Waals surface area (Å²) in [6, 6.07) is 21.0. The molecule has 2 aromatic rings. The average molecular weight is 383 g/mol. The van der Waals surface area contributed by atoms with Crippen LogP contribution in [0, 0.1) is 0 Å². The third kappa shape index (κ3) is 4.32. The third-order valence-electron chi connectivity index (χ3n) is 4.81. The van der Waals surface area contributed by atoms with Crippen LogP contribution >= 0.6 is 0 Å². The first-order valence-corrected chi connectivity index (χ1v) is 10.3. The number of benzene rings is 2. The zero-order chi connectivity index (χ0) is 21.9. The molecular weight excluding hydrogens is 348 g/mol. The Morgan fingerprint density at radius 2 is 0.897 bits per heavy atom. The largest absolute Gasteiger partial charge is 0.0991 e. The molecule has 0 aliphatic heterocycles. The van der Waals surface area contributed by atoms with Crippen LogP contribution in [0.4, 0.5) is 0 Å². The van der Waals surface area contributed by atoms with Crippen LogP contribution in [-0.2, 0) is 5.41 Å². The molecule has 0 N–H and O–H groups in total. The highest BCUT2D eigenvalue weighted by Crippen LogP contribution is 2.57. The minimum absolute atomic E-state index is 0.459. The normalized spacial score (nSPS) is 17.1. The van der Waals surface area contributed by atoms with Crippen LogP contribution < -0.4 is 0 Å². The zero-order valence-electron chi connectivity index (χ0n) is 18.4. The van der Waals surface area contributed by atoms with Gasteiger partial charge in [-0.05, 0) is 33.4 Å². The first-order valence-electron chi connectivity index (χ1n) is 10.3. The Hall–Kier alpha value is -3.12. The zero-order valence-corrected chi connectivity index (χ0v) is 18.4. The van der Waals surface area contributed by atoms with Crippen molar-refractivity contribution >= 4 is 0 Å². The molecule has 2 aromatic carbocycles. The molecule has 0 atom stereocenters. The second-order valence-corrected chi connectivity index (χ2v) is 6.07. The highest BCUT2D eigenvalue weighted by molar-refractivity contribution is 5.79. The van der Waals surface area contributed by atoms with Gasteiger partial charge in [-0.1, -0.05) is 139 Å². The topological polar surface area (TPSA) is 0 Å². The van der Waals surface area contributed by atoms with Gasteiger partial charge in [0, 0.05) is 0 Å². The second kappa shape index (κ2) is 11.7. The van der Waals surface area contributed by atoms with Gasteiger partial charge in [0.05, 0.1) is 5.41 Å².